The van der Waals surface area contributed by atoms with E-state index in [0.717, 1.165) is 16.3 Å². The second-order valence-corrected chi connectivity index (χ2v) is 9.54. The van der Waals surface area contributed by atoms with Crippen LogP contribution in [0.25, 0.3) is 16.8 Å². The Morgan fingerprint density at radius 1 is 1.05 bits per heavy atom. The first-order valence-electron chi connectivity index (χ1n) is 11.8. The summed E-state index contributed by atoms with van der Waals surface area (Å²) >= 11 is 1.28. The van der Waals surface area contributed by atoms with Crippen molar-refractivity contribution < 1.29 is 19.1 Å². The average molecular weight is 513 g/mol. The average Bonchev–Trinajstić information content (AvgIpc) is 3.18. The summed E-state index contributed by atoms with van der Waals surface area (Å²) in [5.41, 5.74) is 2.13. The van der Waals surface area contributed by atoms with Gasteiger partial charge in [0.2, 0.25) is 0 Å². The molecule has 0 saturated heterocycles. The molecule has 0 radical (unpaired) electrons. The molecule has 0 unspecified atom stereocenters. The fourth-order valence-electron chi connectivity index (χ4n) is 4.51. The molecule has 0 fully saturated rings. The topological polar surface area (TPSA) is 87.0 Å². The minimum absolute atomic E-state index is 0.194. The molecule has 1 aliphatic heterocycles. The van der Waals surface area contributed by atoms with Gasteiger partial charge in [-0.1, -0.05) is 65.9 Å². The quantitative estimate of drug-likeness (QED) is 0.299. The lowest BCUT2D eigenvalue weighted by Gasteiger charge is -2.24. The maximum absolute atomic E-state index is 13.8. The number of allylic oxidation sites excluding steroid dienone is 1. The third-order valence-corrected chi connectivity index (χ3v) is 7.07. The van der Waals surface area contributed by atoms with E-state index in [2.05, 4.69) is 4.99 Å². The Labute approximate surface area is 216 Å². The van der Waals surface area contributed by atoms with Gasteiger partial charge >= 0.3 is 11.9 Å². The smallest absolute Gasteiger partial charge is 0.338 e. The monoisotopic (exact) mass is 512 g/mol. The molecule has 0 saturated carbocycles. The van der Waals surface area contributed by atoms with Crippen molar-refractivity contribution in [2.45, 2.75) is 26.8 Å². The van der Waals surface area contributed by atoms with Crippen LogP contribution in [0.4, 0.5) is 0 Å². The van der Waals surface area contributed by atoms with Gasteiger partial charge in [0.05, 0.1) is 28.5 Å². The maximum atomic E-state index is 13.8. The molecule has 0 amide bonds. The molecule has 37 heavy (non-hydrogen) atoms. The van der Waals surface area contributed by atoms with Gasteiger partial charge in [0.15, 0.2) is 4.80 Å². The number of carbonyl (C=O) groups is 2. The van der Waals surface area contributed by atoms with Crippen LogP contribution in [0, 0.1) is 0 Å². The van der Waals surface area contributed by atoms with Crippen LogP contribution in [0.3, 0.4) is 0 Å². The zero-order valence-corrected chi connectivity index (χ0v) is 21.4. The number of benzene rings is 3. The Morgan fingerprint density at radius 2 is 1.78 bits per heavy atom. The van der Waals surface area contributed by atoms with E-state index in [1.165, 1.54) is 18.3 Å². The molecule has 5 rings (SSSR count). The van der Waals surface area contributed by atoms with Gasteiger partial charge in [-0.25, -0.2) is 9.79 Å². The summed E-state index contributed by atoms with van der Waals surface area (Å²) < 4.78 is 12.5. The van der Waals surface area contributed by atoms with Crippen molar-refractivity contribution in [1.82, 2.24) is 4.57 Å². The first-order chi connectivity index (χ1) is 17.9. The predicted octanol–water partition coefficient (Wildman–Crippen LogP) is 3.88. The highest BCUT2D eigenvalue weighted by Gasteiger charge is 2.33. The van der Waals surface area contributed by atoms with Crippen molar-refractivity contribution in [2.75, 3.05) is 6.61 Å². The molecule has 1 aromatic heterocycles. The number of aromatic nitrogens is 1. The molecule has 0 aliphatic carbocycles. The molecular formula is C29H24N2O5S. The van der Waals surface area contributed by atoms with Crippen LogP contribution in [0.1, 0.15) is 37.9 Å². The molecule has 3 aromatic carbocycles. The summed E-state index contributed by atoms with van der Waals surface area (Å²) in [4.78, 5) is 43.3. The Hall–Kier alpha value is -4.30. The highest BCUT2D eigenvalue weighted by atomic mass is 32.1. The summed E-state index contributed by atoms with van der Waals surface area (Å²) in [7, 11) is 0. The number of rotatable bonds is 5. The lowest BCUT2D eigenvalue weighted by molar-refractivity contribution is -0.139. The molecule has 1 aliphatic rings. The standard InChI is InChI=1S/C29H24N2O5S/c1-4-35-28(34)25-17(2)30-29-31(26(25)20-12-14-22(15-13-20)36-18(3)32)27(33)24(37-29)16-21-10-7-9-19-8-5-6-11-23(19)21/h5-16,26H,4H2,1-3H3/b24-16-/t26-/m1/s1. The van der Waals surface area contributed by atoms with Crippen LogP contribution in [-0.4, -0.2) is 23.1 Å². The molecular weight excluding hydrogens is 488 g/mol. The lowest BCUT2D eigenvalue weighted by Crippen LogP contribution is -2.39. The van der Waals surface area contributed by atoms with Gasteiger partial charge in [-0.15, -0.1) is 0 Å². The number of esters is 2. The van der Waals surface area contributed by atoms with Crippen LogP contribution in [0.5, 0.6) is 5.75 Å². The maximum Gasteiger partial charge on any atom is 0.338 e. The molecule has 7 nitrogen and oxygen atoms in total. The number of fused-ring (bicyclic) bond motifs is 2. The SMILES string of the molecule is CCOC(=O)C1=C(C)N=c2s/c(=C\c3cccc4ccccc34)c(=O)n2[C@@H]1c1ccc(OC(C)=O)cc1. The van der Waals surface area contributed by atoms with Crippen LogP contribution in [-0.2, 0) is 14.3 Å². The molecule has 1 atom stereocenters. The van der Waals surface area contributed by atoms with Crippen LogP contribution in [0.2, 0.25) is 0 Å². The van der Waals surface area contributed by atoms with E-state index in [-0.39, 0.29) is 12.2 Å². The molecule has 0 spiro atoms. The lowest BCUT2D eigenvalue weighted by atomic mass is 9.96. The second-order valence-electron chi connectivity index (χ2n) is 8.53. The number of nitrogens with zero attached hydrogens (tertiary/aromatic N) is 2. The Kier molecular flexibility index (Phi) is 6.58. The molecule has 0 N–H and O–H groups in total. The van der Waals surface area contributed by atoms with E-state index in [1.807, 2.05) is 48.5 Å². The molecule has 186 valence electrons. The summed E-state index contributed by atoms with van der Waals surface area (Å²) in [6.07, 6.45) is 1.87. The van der Waals surface area contributed by atoms with Crippen molar-refractivity contribution in [3.8, 4) is 5.75 Å². The fourth-order valence-corrected chi connectivity index (χ4v) is 5.55. The summed E-state index contributed by atoms with van der Waals surface area (Å²) in [5, 5.41) is 2.12. The van der Waals surface area contributed by atoms with Crippen LogP contribution in [0.15, 0.2) is 87.8 Å². The minimum Gasteiger partial charge on any atom is -0.463 e. The van der Waals surface area contributed by atoms with Gasteiger partial charge in [0.25, 0.3) is 5.56 Å². The van der Waals surface area contributed by atoms with Crippen molar-refractivity contribution in [1.29, 1.82) is 0 Å². The normalized spacial score (nSPS) is 15.3. The van der Waals surface area contributed by atoms with Gasteiger partial charge < -0.3 is 9.47 Å². The van der Waals surface area contributed by atoms with E-state index < -0.39 is 18.0 Å². The number of carbonyl (C=O) groups excluding carboxylic acids is 2. The number of hydrogen-bond acceptors (Lipinski definition) is 7. The van der Waals surface area contributed by atoms with Gasteiger partial charge in [0.1, 0.15) is 5.75 Å². The van der Waals surface area contributed by atoms with Crippen molar-refractivity contribution >= 4 is 40.1 Å². The van der Waals surface area contributed by atoms with Gasteiger partial charge in [0, 0.05) is 6.92 Å². The zero-order chi connectivity index (χ0) is 26.1. The second kappa shape index (κ2) is 9.99. The number of hydrogen-bond donors (Lipinski definition) is 0. The first-order valence-corrected chi connectivity index (χ1v) is 12.6. The van der Waals surface area contributed by atoms with E-state index >= 15 is 0 Å². The molecule has 2 heterocycles. The highest BCUT2D eigenvalue weighted by Crippen LogP contribution is 2.31. The summed E-state index contributed by atoms with van der Waals surface area (Å²) in [5.74, 6) is -0.587. The minimum atomic E-state index is -0.739. The van der Waals surface area contributed by atoms with Gasteiger partial charge in [-0.2, -0.15) is 0 Å². The van der Waals surface area contributed by atoms with E-state index in [9.17, 15) is 14.4 Å². The summed E-state index contributed by atoms with van der Waals surface area (Å²) in [6, 6.07) is 20.0. The largest absolute Gasteiger partial charge is 0.463 e. The third kappa shape index (κ3) is 4.63. The third-order valence-electron chi connectivity index (χ3n) is 6.08. The fraction of sp³-hybridized carbons (Fsp3) is 0.172. The van der Waals surface area contributed by atoms with E-state index in [4.69, 9.17) is 9.47 Å². The number of ether oxygens (including phenoxy) is 2. The van der Waals surface area contributed by atoms with E-state index in [0.29, 0.717) is 31.9 Å². The molecule has 8 heteroatoms. The van der Waals surface area contributed by atoms with Crippen LogP contribution >= 0.6 is 11.3 Å². The molecule has 4 aromatic rings. The van der Waals surface area contributed by atoms with Gasteiger partial charge in [-0.3, -0.25) is 14.2 Å². The van der Waals surface area contributed by atoms with Crippen LogP contribution < -0.4 is 19.6 Å². The highest BCUT2D eigenvalue weighted by molar-refractivity contribution is 7.07. The Balaban J connectivity index is 1.70. The Bertz CT molecular complexity index is 1740. The van der Waals surface area contributed by atoms with Crippen molar-refractivity contribution in [2.24, 2.45) is 4.99 Å². The molecule has 0 bridgehead atoms. The predicted molar refractivity (Wildman–Crippen MR) is 142 cm³/mol. The van der Waals surface area contributed by atoms with Gasteiger partial charge in [-0.05, 0) is 54.0 Å². The number of thiazole rings is 1. The van der Waals surface area contributed by atoms with Crippen molar-refractivity contribution in [3.63, 3.8) is 0 Å². The van der Waals surface area contributed by atoms with E-state index in [1.54, 1.807) is 42.7 Å². The Morgan fingerprint density at radius 3 is 2.51 bits per heavy atom. The zero-order valence-electron chi connectivity index (χ0n) is 20.6. The summed E-state index contributed by atoms with van der Waals surface area (Å²) in [6.45, 7) is 5.00. The first kappa shape index (κ1) is 24.4. The van der Waals surface area contributed by atoms with Crippen molar-refractivity contribution in [3.05, 3.63) is 109 Å².